The molecule has 4 saturated heterocycles. The van der Waals surface area contributed by atoms with Crippen LogP contribution >= 0.6 is 0 Å². The lowest BCUT2D eigenvalue weighted by molar-refractivity contribution is -0.138. The van der Waals surface area contributed by atoms with Crippen molar-refractivity contribution in [2.75, 3.05) is 37.6 Å². The molecule has 1 aliphatic carbocycles. The number of hydrogen-bond donors (Lipinski definition) is 1. The molecule has 1 saturated carbocycles. The molecule has 4 unspecified atom stereocenters. The second-order valence-corrected chi connectivity index (χ2v) is 13.1. The number of aliphatic carboxylic acids is 1. The minimum absolute atomic E-state index is 0.0693. The van der Waals surface area contributed by atoms with Gasteiger partial charge in [0.1, 0.15) is 0 Å². The zero-order chi connectivity index (χ0) is 26.5. The molecule has 1 aromatic heterocycles. The largest absolute Gasteiger partial charge is 0.480 e. The maximum absolute atomic E-state index is 14.3. The van der Waals surface area contributed by atoms with Gasteiger partial charge in [-0.15, -0.1) is 0 Å². The lowest BCUT2D eigenvalue weighted by atomic mass is 9.89. The van der Waals surface area contributed by atoms with E-state index in [4.69, 9.17) is 4.98 Å². The molecule has 0 amide bonds. The highest BCUT2D eigenvalue weighted by atomic mass is 16.4. The normalized spacial score (nSPS) is 32.4. The lowest BCUT2D eigenvalue weighted by Gasteiger charge is -2.45. The number of carboxylic acid groups (broad SMARTS) is 1. The maximum Gasteiger partial charge on any atom is 0.317 e. The van der Waals surface area contributed by atoms with E-state index in [-0.39, 0.29) is 18.1 Å². The number of fused-ring (bicyclic) bond motifs is 4. The molecule has 8 heteroatoms. The standard InChI is InChI=1S/C31H43N5O3/c37-29(38)20-33-16-21-18-34(19-22(21)17-33)30-31(39)36(28-11-7-6-10-27(28)32-30)26-14-24-12-13-25(15-26)35(24)23-8-4-2-1-3-5-9-23/h6-7,10-11,21-26H,1-5,8-9,12-20H2,(H,37,38). The first kappa shape index (κ1) is 25.5. The zero-order valence-electron chi connectivity index (χ0n) is 23.1. The van der Waals surface area contributed by atoms with Gasteiger partial charge in [0.25, 0.3) is 5.56 Å². The topological polar surface area (TPSA) is 81.9 Å². The van der Waals surface area contributed by atoms with E-state index in [9.17, 15) is 14.7 Å². The number of aromatic nitrogens is 2. The van der Waals surface area contributed by atoms with Gasteiger partial charge in [-0.3, -0.25) is 19.4 Å². The zero-order valence-corrected chi connectivity index (χ0v) is 23.1. The van der Waals surface area contributed by atoms with Gasteiger partial charge in [0, 0.05) is 50.3 Å². The smallest absolute Gasteiger partial charge is 0.317 e. The Bertz CT molecular complexity index is 1240. The predicted molar refractivity (Wildman–Crippen MR) is 152 cm³/mol. The van der Waals surface area contributed by atoms with Crippen LogP contribution in [0, 0.1) is 11.8 Å². The SMILES string of the molecule is O=C(O)CN1CC2CN(c3nc4ccccc4n(C4CC5CCC(C4)N5C4CCCCCCC4)c3=O)CC2C1. The summed E-state index contributed by atoms with van der Waals surface area (Å²) in [6.45, 7) is 3.26. The molecule has 4 atom stereocenters. The first-order valence-corrected chi connectivity index (χ1v) is 15.5. The number of para-hydroxylation sites is 2. The number of rotatable bonds is 5. The second-order valence-electron chi connectivity index (χ2n) is 13.1. The number of likely N-dealkylation sites (tertiary alicyclic amines) is 1. The predicted octanol–water partition coefficient (Wildman–Crippen LogP) is 4.13. The monoisotopic (exact) mass is 533 g/mol. The molecule has 210 valence electrons. The Kier molecular flexibility index (Phi) is 6.87. The van der Waals surface area contributed by atoms with Gasteiger partial charge in [0.2, 0.25) is 0 Å². The third kappa shape index (κ3) is 4.77. The number of piperidine rings is 1. The van der Waals surface area contributed by atoms with Crippen LogP contribution < -0.4 is 10.5 Å². The summed E-state index contributed by atoms with van der Waals surface area (Å²) < 4.78 is 2.13. The summed E-state index contributed by atoms with van der Waals surface area (Å²) >= 11 is 0. The fourth-order valence-electron chi connectivity index (χ4n) is 9.02. The van der Waals surface area contributed by atoms with Crippen LogP contribution in [0.5, 0.6) is 0 Å². The summed E-state index contributed by atoms with van der Waals surface area (Å²) in [7, 11) is 0. The lowest BCUT2D eigenvalue weighted by Crippen LogP contribution is -2.50. The van der Waals surface area contributed by atoms with Crippen LogP contribution in [-0.4, -0.2) is 81.3 Å². The molecular formula is C31H43N5O3. The summed E-state index contributed by atoms with van der Waals surface area (Å²) in [6.07, 6.45) is 14.3. The van der Waals surface area contributed by atoms with Crippen LogP contribution in [0.15, 0.2) is 29.1 Å². The van der Waals surface area contributed by atoms with Crippen molar-refractivity contribution in [2.24, 2.45) is 11.8 Å². The van der Waals surface area contributed by atoms with Crippen LogP contribution in [0.3, 0.4) is 0 Å². The highest BCUT2D eigenvalue weighted by molar-refractivity contribution is 5.76. The Balaban J connectivity index is 1.15. The van der Waals surface area contributed by atoms with Crippen molar-refractivity contribution in [3.63, 3.8) is 0 Å². The van der Waals surface area contributed by atoms with E-state index in [1.54, 1.807) is 0 Å². The van der Waals surface area contributed by atoms with Gasteiger partial charge in [-0.05, 0) is 62.5 Å². The molecule has 1 N–H and O–H groups in total. The molecule has 2 aromatic rings. The van der Waals surface area contributed by atoms with E-state index in [0.29, 0.717) is 29.7 Å². The van der Waals surface area contributed by atoms with Crippen molar-refractivity contribution in [2.45, 2.75) is 94.8 Å². The number of nitrogens with zero attached hydrogens (tertiary/aromatic N) is 5. The Labute approximate surface area is 231 Å². The van der Waals surface area contributed by atoms with Gasteiger partial charge in [0.05, 0.1) is 17.6 Å². The molecule has 4 aliphatic heterocycles. The molecule has 5 fully saturated rings. The summed E-state index contributed by atoms with van der Waals surface area (Å²) in [6, 6.07) is 10.3. The van der Waals surface area contributed by atoms with Crippen molar-refractivity contribution in [3.8, 4) is 0 Å². The minimum Gasteiger partial charge on any atom is -0.480 e. The average molecular weight is 534 g/mol. The van der Waals surface area contributed by atoms with Gasteiger partial charge >= 0.3 is 5.97 Å². The Morgan fingerprint density at radius 1 is 0.821 bits per heavy atom. The molecule has 2 bridgehead atoms. The van der Waals surface area contributed by atoms with Gasteiger partial charge in [0.15, 0.2) is 5.82 Å². The minimum atomic E-state index is -0.763. The highest BCUT2D eigenvalue weighted by Crippen LogP contribution is 2.44. The number of carboxylic acids is 1. The first-order chi connectivity index (χ1) is 19.0. The van der Waals surface area contributed by atoms with E-state index >= 15 is 0 Å². The molecule has 8 nitrogen and oxygen atoms in total. The Morgan fingerprint density at radius 2 is 1.46 bits per heavy atom. The van der Waals surface area contributed by atoms with Gasteiger partial charge < -0.3 is 14.6 Å². The third-order valence-electron chi connectivity index (χ3n) is 10.6. The summed E-state index contributed by atoms with van der Waals surface area (Å²) in [5.41, 5.74) is 1.95. The van der Waals surface area contributed by atoms with Crippen molar-refractivity contribution in [3.05, 3.63) is 34.6 Å². The fraction of sp³-hybridized carbons (Fsp3) is 0.710. The van der Waals surface area contributed by atoms with Crippen LogP contribution in [-0.2, 0) is 4.79 Å². The van der Waals surface area contributed by atoms with E-state index in [1.807, 2.05) is 17.0 Å². The molecule has 7 rings (SSSR count). The fourth-order valence-corrected chi connectivity index (χ4v) is 9.02. The highest BCUT2D eigenvalue weighted by Gasteiger charge is 2.45. The van der Waals surface area contributed by atoms with E-state index < -0.39 is 5.97 Å². The van der Waals surface area contributed by atoms with Crippen molar-refractivity contribution >= 4 is 22.8 Å². The van der Waals surface area contributed by atoms with Gasteiger partial charge in [-0.1, -0.05) is 44.2 Å². The third-order valence-corrected chi connectivity index (χ3v) is 10.6. The van der Waals surface area contributed by atoms with Crippen LogP contribution in [0.2, 0.25) is 0 Å². The molecule has 1 aromatic carbocycles. The number of hydrogen-bond acceptors (Lipinski definition) is 6. The van der Waals surface area contributed by atoms with E-state index in [1.165, 1.54) is 57.8 Å². The Hall–Kier alpha value is -2.45. The van der Waals surface area contributed by atoms with Crippen LogP contribution in [0.4, 0.5) is 5.82 Å². The quantitative estimate of drug-likeness (QED) is 0.619. The molecule has 5 heterocycles. The van der Waals surface area contributed by atoms with Crippen LogP contribution in [0.1, 0.15) is 76.7 Å². The van der Waals surface area contributed by atoms with Crippen molar-refractivity contribution < 1.29 is 9.90 Å². The summed E-state index contributed by atoms with van der Waals surface area (Å²) in [4.78, 5) is 37.5. The molecule has 0 spiro atoms. The van der Waals surface area contributed by atoms with Crippen molar-refractivity contribution in [1.82, 2.24) is 19.4 Å². The van der Waals surface area contributed by atoms with Gasteiger partial charge in [-0.2, -0.15) is 0 Å². The van der Waals surface area contributed by atoms with E-state index in [2.05, 4.69) is 26.5 Å². The van der Waals surface area contributed by atoms with Crippen molar-refractivity contribution in [1.29, 1.82) is 0 Å². The second kappa shape index (κ2) is 10.5. The molecule has 0 radical (unpaired) electrons. The van der Waals surface area contributed by atoms with Gasteiger partial charge in [-0.25, -0.2) is 4.98 Å². The maximum atomic E-state index is 14.3. The summed E-state index contributed by atoms with van der Waals surface area (Å²) in [5.74, 6) is 0.629. The molecule has 39 heavy (non-hydrogen) atoms. The molecular weight excluding hydrogens is 490 g/mol. The molecule has 5 aliphatic rings. The first-order valence-electron chi connectivity index (χ1n) is 15.5. The summed E-state index contributed by atoms with van der Waals surface area (Å²) in [5, 5.41) is 9.21. The number of anilines is 1. The number of benzene rings is 1. The number of carbonyl (C=O) groups is 1. The Morgan fingerprint density at radius 3 is 2.13 bits per heavy atom. The van der Waals surface area contributed by atoms with Crippen LogP contribution in [0.25, 0.3) is 11.0 Å². The average Bonchev–Trinajstić information content (AvgIpc) is 3.52. The van der Waals surface area contributed by atoms with E-state index in [0.717, 1.165) is 56.1 Å².